The van der Waals surface area contributed by atoms with E-state index in [1.807, 2.05) is 13.8 Å². The summed E-state index contributed by atoms with van der Waals surface area (Å²) in [5.41, 5.74) is -1.01. The van der Waals surface area contributed by atoms with Gasteiger partial charge in [0.1, 0.15) is 0 Å². The molecule has 0 radical (unpaired) electrons. The van der Waals surface area contributed by atoms with Crippen LogP contribution in [-0.4, -0.2) is 76.0 Å². The van der Waals surface area contributed by atoms with Crippen molar-refractivity contribution < 1.29 is 27.6 Å². The average molecular weight is 552 g/mol. The molecule has 0 amide bonds. The molecule has 0 spiro atoms. The van der Waals surface area contributed by atoms with Crippen LogP contribution in [0.15, 0.2) is 45.8 Å². The number of alkyl halides is 3. The zero-order chi connectivity index (χ0) is 28.5. The van der Waals surface area contributed by atoms with Gasteiger partial charge in [-0.25, -0.2) is 9.59 Å². The normalized spacial score (nSPS) is 17.6. The first kappa shape index (κ1) is 28.0. The second-order valence-electron chi connectivity index (χ2n) is 9.34. The van der Waals surface area contributed by atoms with Gasteiger partial charge in [-0.2, -0.15) is 13.2 Å². The second-order valence-corrected chi connectivity index (χ2v) is 9.34. The number of allylic oxidation sites excluding steroid dienone is 1. The Kier molecular flexibility index (Phi) is 7.92. The van der Waals surface area contributed by atoms with E-state index in [0.29, 0.717) is 35.8 Å². The van der Waals surface area contributed by atoms with Crippen molar-refractivity contribution in [2.75, 3.05) is 42.7 Å². The van der Waals surface area contributed by atoms with Crippen LogP contribution in [0.25, 0.3) is 0 Å². The molecule has 1 unspecified atom stereocenters. The topological polar surface area (TPSA) is 122 Å². The number of halogens is 3. The number of hydroxylamine groups is 1. The molecular weight excluding hydrogens is 523 g/mol. The van der Waals surface area contributed by atoms with Crippen molar-refractivity contribution in [2.24, 2.45) is 7.05 Å². The zero-order valence-corrected chi connectivity index (χ0v) is 21.6. The maximum absolute atomic E-state index is 13.8. The molecule has 15 heteroatoms. The molecule has 0 aliphatic carbocycles. The number of carbonyl (C=O) groups excluding carboxylic acids is 2. The summed E-state index contributed by atoms with van der Waals surface area (Å²) in [6.07, 6.45) is -1.97. The third kappa shape index (κ3) is 5.59. The van der Waals surface area contributed by atoms with E-state index in [1.54, 1.807) is 11.0 Å². The predicted octanol–water partition coefficient (Wildman–Crippen LogP) is 0.627. The summed E-state index contributed by atoms with van der Waals surface area (Å²) in [7, 11) is 1.24. The van der Waals surface area contributed by atoms with E-state index in [4.69, 9.17) is 4.84 Å². The smallest absolute Gasteiger partial charge is 0.327 e. The van der Waals surface area contributed by atoms with Crippen molar-refractivity contribution in [1.82, 2.24) is 24.3 Å². The molecule has 4 rings (SSSR count). The number of Topliss-reactive ketones (excluding diaryl/α,β-unsaturated/α-hetero) is 1. The lowest BCUT2D eigenvalue weighted by Gasteiger charge is -2.40. The molecule has 2 aromatic rings. The Morgan fingerprint density at radius 2 is 1.90 bits per heavy atom. The first-order valence-corrected chi connectivity index (χ1v) is 12.1. The Balaban J connectivity index is 1.90. The van der Waals surface area contributed by atoms with E-state index in [9.17, 15) is 32.3 Å². The zero-order valence-electron chi connectivity index (χ0n) is 21.6. The summed E-state index contributed by atoms with van der Waals surface area (Å²) in [4.78, 5) is 63.9. The Labute approximate surface area is 220 Å². The first-order valence-electron chi connectivity index (χ1n) is 12.1. The van der Waals surface area contributed by atoms with Crippen LogP contribution < -0.4 is 26.5 Å². The molecule has 2 aromatic heterocycles. The van der Waals surface area contributed by atoms with Crippen LogP contribution in [0, 0.1) is 0 Å². The highest BCUT2D eigenvalue weighted by Crippen LogP contribution is 2.38. The number of nitrogens with one attached hydrogen (secondary N) is 1. The lowest BCUT2D eigenvalue weighted by atomic mass is 10.2. The molecule has 0 saturated carbocycles. The van der Waals surface area contributed by atoms with Gasteiger partial charge in [0.05, 0.1) is 6.54 Å². The van der Waals surface area contributed by atoms with Crippen LogP contribution in [0.4, 0.5) is 24.7 Å². The second kappa shape index (κ2) is 11.0. The van der Waals surface area contributed by atoms with E-state index in [0.717, 1.165) is 10.1 Å². The van der Waals surface area contributed by atoms with Crippen LogP contribution in [0.1, 0.15) is 24.2 Å². The Bertz CT molecular complexity index is 1390. The highest BCUT2D eigenvalue weighted by Gasteiger charge is 2.50. The standard InChI is InChI=1S/C24H28F3N7O5/c1-15(2)6-10-32-18-19(34(39-21(37)24(25,26)27)22(32)31-11-8-28-9-12-31)30(3)23(38)33(20(18)36)14-17(35)16-5-4-7-29-13-16/h4-7,13,22,28H,8-12,14H2,1-3H3. The number of aromatic nitrogens is 3. The number of hydrogen-bond acceptors (Lipinski definition) is 10. The van der Waals surface area contributed by atoms with Gasteiger partial charge < -0.3 is 15.1 Å². The fourth-order valence-electron chi connectivity index (χ4n) is 4.45. The Hall–Kier alpha value is -3.98. The van der Waals surface area contributed by atoms with Gasteiger partial charge in [-0.15, -0.1) is 5.06 Å². The third-order valence-corrected chi connectivity index (χ3v) is 6.35. The minimum atomic E-state index is -5.33. The summed E-state index contributed by atoms with van der Waals surface area (Å²) in [6.45, 7) is 4.74. The van der Waals surface area contributed by atoms with Gasteiger partial charge >= 0.3 is 17.8 Å². The van der Waals surface area contributed by atoms with Crippen LogP contribution in [0.3, 0.4) is 0 Å². The molecule has 1 saturated heterocycles. The number of carbonyl (C=O) groups is 2. The molecule has 0 aromatic carbocycles. The van der Waals surface area contributed by atoms with Crippen molar-refractivity contribution >= 4 is 23.3 Å². The van der Waals surface area contributed by atoms with Crippen LogP contribution in [0.2, 0.25) is 0 Å². The van der Waals surface area contributed by atoms with E-state index in [2.05, 4.69) is 10.3 Å². The summed E-state index contributed by atoms with van der Waals surface area (Å²) in [5, 5.41) is 3.81. The number of hydrogen-bond donors (Lipinski definition) is 1. The van der Waals surface area contributed by atoms with Crippen molar-refractivity contribution in [1.29, 1.82) is 0 Å². The number of anilines is 2. The molecule has 12 nitrogen and oxygen atoms in total. The van der Waals surface area contributed by atoms with E-state index in [-0.39, 0.29) is 23.6 Å². The van der Waals surface area contributed by atoms with Crippen LogP contribution >= 0.6 is 0 Å². The predicted molar refractivity (Wildman–Crippen MR) is 134 cm³/mol. The number of rotatable bonds is 7. The summed E-state index contributed by atoms with van der Waals surface area (Å²) < 4.78 is 41.5. The summed E-state index contributed by atoms with van der Waals surface area (Å²) in [6, 6.07) is 3.01. The Morgan fingerprint density at radius 3 is 2.49 bits per heavy atom. The molecule has 2 aliphatic rings. The van der Waals surface area contributed by atoms with Crippen molar-refractivity contribution in [3.63, 3.8) is 0 Å². The summed E-state index contributed by atoms with van der Waals surface area (Å²) in [5.74, 6) is -3.38. The maximum Gasteiger partial charge on any atom is 0.493 e. The fraction of sp³-hybridized carbons (Fsp3) is 0.458. The lowest BCUT2D eigenvalue weighted by molar-refractivity contribution is -0.203. The number of nitrogens with zero attached hydrogens (tertiary/aromatic N) is 6. The SMILES string of the molecule is CC(C)=CCN1c2c(n(C)c(=O)n(CC(=O)c3cccnc3)c2=O)N(OC(=O)C(F)(F)F)C1N1CCNCC1. The van der Waals surface area contributed by atoms with E-state index in [1.165, 1.54) is 36.5 Å². The van der Waals surface area contributed by atoms with Crippen molar-refractivity contribution in [3.05, 3.63) is 62.6 Å². The van der Waals surface area contributed by atoms with E-state index >= 15 is 0 Å². The van der Waals surface area contributed by atoms with Gasteiger partial charge in [-0.05, 0) is 26.0 Å². The lowest BCUT2D eigenvalue weighted by Crippen LogP contribution is -2.61. The Morgan fingerprint density at radius 1 is 1.21 bits per heavy atom. The highest BCUT2D eigenvalue weighted by molar-refractivity contribution is 5.95. The molecule has 1 atom stereocenters. The average Bonchev–Trinajstić information content (AvgIpc) is 3.22. The fourth-order valence-corrected chi connectivity index (χ4v) is 4.45. The molecular formula is C24H28F3N7O5. The minimum absolute atomic E-state index is 0.0496. The highest BCUT2D eigenvalue weighted by atomic mass is 19.4. The van der Waals surface area contributed by atoms with Gasteiger partial charge in [0, 0.05) is 57.7 Å². The molecule has 4 heterocycles. The number of piperazine rings is 1. The third-order valence-electron chi connectivity index (χ3n) is 6.35. The van der Waals surface area contributed by atoms with Crippen LogP contribution in [-0.2, 0) is 23.2 Å². The first-order chi connectivity index (χ1) is 18.4. The van der Waals surface area contributed by atoms with Gasteiger partial charge in [-0.1, -0.05) is 11.6 Å². The molecule has 39 heavy (non-hydrogen) atoms. The molecule has 1 N–H and O–H groups in total. The summed E-state index contributed by atoms with van der Waals surface area (Å²) >= 11 is 0. The van der Waals surface area contributed by atoms with Crippen LogP contribution in [0.5, 0.6) is 0 Å². The molecule has 210 valence electrons. The number of ketones is 1. The molecule has 2 aliphatic heterocycles. The maximum atomic E-state index is 13.8. The monoisotopic (exact) mass is 551 g/mol. The molecule has 0 bridgehead atoms. The minimum Gasteiger partial charge on any atom is -0.327 e. The number of pyridine rings is 1. The number of fused-ring (bicyclic) bond motifs is 1. The van der Waals surface area contributed by atoms with Gasteiger partial charge in [0.25, 0.3) is 5.56 Å². The quantitative estimate of drug-likeness (QED) is 0.387. The van der Waals surface area contributed by atoms with Gasteiger partial charge in [0.15, 0.2) is 23.6 Å². The van der Waals surface area contributed by atoms with E-state index < -0.39 is 42.0 Å². The molecule has 1 fully saturated rings. The van der Waals surface area contributed by atoms with Crippen molar-refractivity contribution in [2.45, 2.75) is 32.9 Å². The largest absolute Gasteiger partial charge is 0.493 e. The van der Waals surface area contributed by atoms with Gasteiger partial charge in [-0.3, -0.25) is 28.6 Å². The van der Waals surface area contributed by atoms with Gasteiger partial charge in [0.2, 0.25) is 0 Å². The van der Waals surface area contributed by atoms with Crippen molar-refractivity contribution in [3.8, 4) is 0 Å².